The molecule has 2 heterocycles. The molecule has 0 aliphatic heterocycles. The van der Waals surface area contributed by atoms with Crippen molar-refractivity contribution < 1.29 is 14.2 Å². The number of benzene rings is 2. The summed E-state index contributed by atoms with van der Waals surface area (Å²) in [6.45, 7) is 1.89. The fourth-order valence-electron chi connectivity index (χ4n) is 3.50. The molecule has 0 fully saturated rings. The van der Waals surface area contributed by atoms with Crippen LogP contribution in [0.4, 0.5) is 11.5 Å². The number of aromatic nitrogens is 3. The number of anilines is 2. The van der Waals surface area contributed by atoms with Crippen LogP contribution in [0.15, 0.2) is 48.7 Å². The van der Waals surface area contributed by atoms with E-state index >= 15 is 0 Å². The second-order valence-electron chi connectivity index (χ2n) is 6.86. The average Bonchev–Trinajstić information content (AvgIpc) is 3.16. The van der Waals surface area contributed by atoms with Crippen LogP contribution in [-0.4, -0.2) is 36.3 Å². The zero-order chi connectivity index (χ0) is 21.1. The van der Waals surface area contributed by atoms with Crippen molar-refractivity contribution in [2.45, 2.75) is 13.3 Å². The Morgan fingerprint density at radius 1 is 0.933 bits per heavy atom. The predicted molar refractivity (Wildman–Crippen MR) is 117 cm³/mol. The van der Waals surface area contributed by atoms with Gasteiger partial charge in [-0.25, -0.2) is 9.97 Å². The maximum atomic E-state index is 5.45. The van der Waals surface area contributed by atoms with E-state index in [0.29, 0.717) is 28.9 Å². The fraction of sp³-hybridized carbons (Fsp3) is 0.217. The summed E-state index contributed by atoms with van der Waals surface area (Å²) >= 11 is 0. The van der Waals surface area contributed by atoms with E-state index in [1.165, 1.54) is 5.56 Å². The molecule has 7 nitrogen and oxygen atoms in total. The van der Waals surface area contributed by atoms with Crippen molar-refractivity contribution in [3.63, 3.8) is 0 Å². The third-order valence-corrected chi connectivity index (χ3v) is 4.88. The van der Waals surface area contributed by atoms with Crippen LogP contribution in [0.3, 0.4) is 0 Å². The second kappa shape index (κ2) is 8.32. The van der Waals surface area contributed by atoms with Crippen LogP contribution >= 0.6 is 0 Å². The third kappa shape index (κ3) is 3.74. The SMILES string of the molecule is COc1cc(Nc2nc(C)nc3c(Cc4ccccc4)c[nH]c23)cc(OC)c1OC. The number of hydrogen-bond acceptors (Lipinski definition) is 6. The molecule has 7 heteroatoms. The smallest absolute Gasteiger partial charge is 0.203 e. The van der Waals surface area contributed by atoms with Crippen molar-refractivity contribution in [2.24, 2.45) is 0 Å². The lowest BCUT2D eigenvalue weighted by Gasteiger charge is -2.15. The minimum absolute atomic E-state index is 0.541. The third-order valence-electron chi connectivity index (χ3n) is 4.88. The van der Waals surface area contributed by atoms with Crippen molar-refractivity contribution in [2.75, 3.05) is 26.6 Å². The average molecular weight is 404 g/mol. The van der Waals surface area contributed by atoms with Gasteiger partial charge in [0.1, 0.15) is 11.3 Å². The Bertz CT molecular complexity index is 1150. The molecule has 0 atom stereocenters. The Balaban J connectivity index is 1.73. The molecule has 2 aromatic heterocycles. The summed E-state index contributed by atoms with van der Waals surface area (Å²) in [6, 6.07) is 14.0. The lowest BCUT2D eigenvalue weighted by Crippen LogP contribution is -2.01. The maximum Gasteiger partial charge on any atom is 0.203 e. The largest absolute Gasteiger partial charge is 0.493 e. The van der Waals surface area contributed by atoms with E-state index in [1.807, 2.05) is 43.5 Å². The molecule has 4 aromatic rings. The minimum Gasteiger partial charge on any atom is -0.493 e. The molecular weight excluding hydrogens is 380 g/mol. The number of fused-ring (bicyclic) bond motifs is 1. The number of ether oxygens (including phenoxy) is 3. The normalized spacial score (nSPS) is 10.8. The first-order valence-corrected chi connectivity index (χ1v) is 9.58. The van der Waals surface area contributed by atoms with E-state index < -0.39 is 0 Å². The van der Waals surface area contributed by atoms with Gasteiger partial charge in [-0.15, -0.1) is 0 Å². The van der Waals surface area contributed by atoms with Gasteiger partial charge in [0, 0.05) is 36.0 Å². The molecule has 0 saturated carbocycles. The highest BCUT2D eigenvalue weighted by Gasteiger charge is 2.16. The number of rotatable bonds is 7. The van der Waals surface area contributed by atoms with Gasteiger partial charge in [0.25, 0.3) is 0 Å². The standard InChI is InChI=1S/C23H24N4O3/c1-14-25-20-16(10-15-8-6-5-7-9-15)13-24-21(20)23(26-14)27-17-11-18(28-2)22(30-4)19(12-17)29-3/h5-9,11-13,24H,10H2,1-4H3,(H,25,26,27). The number of hydrogen-bond donors (Lipinski definition) is 2. The van der Waals surface area contributed by atoms with Crippen molar-refractivity contribution in [3.8, 4) is 17.2 Å². The van der Waals surface area contributed by atoms with E-state index in [0.717, 1.165) is 28.7 Å². The van der Waals surface area contributed by atoms with E-state index in [2.05, 4.69) is 32.4 Å². The summed E-state index contributed by atoms with van der Waals surface area (Å²) in [5, 5.41) is 3.37. The topological polar surface area (TPSA) is 81.3 Å². The van der Waals surface area contributed by atoms with Crippen LogP contribution in [0.1, 0.15) is 17.0 Å². The van der Waals surface area contributed by atoms with Gasteiger partial charge < -0.3 is 24.5 Å². The molecule has 0 saturated heterocycles. The molecule has 4 rings (SSSR count). The molecule has 0 spiro atoms. The zero-order valence-corrected chi connectivity index (χ0v) is 17.4. The summed E-state index contributed by atoms with van der Waals surface area (Å²) in [6.07, 6.45) is 2.78. The van der Waals surface area contributed by atoms with Crippen LogP contribution in [0.5, 0.6) is 17.2 Å². The van der Waals surface area contributed by atoms with E-state index in [9.17, 15) is 0 Å². The number of aryl methyl sites for hydroxylation is 1. The van der Waals surface area contributed by atoms with Crippen LogP contribution in [0.2, 0.25) is 0 Å². The molecule has 30 heavy (non-hydrogen) atoms. The van der Waals surface area contributed by atoms with Crippen LogP contribution < -0.4 is 19.5 Å². The Morgan fingerprint density at radius 2 is 1.63 bits per heavy atom. The lowest BCUT2D eigenvalue weighted by atomic mass is 10.1. The summed E-state index contributed by atoms with van der Waals surface area (Å²) in [5.41, 5.74) is 4.87. The maximum absolute atomic E-state index is 5.45. The molecule has 2 N–H and O–H groups in total. The van der Waals surface area contributed by atoms with Gasteiger partial charge in [-0.05, 0) is 12.5 Å². The Morgan fingerprint density at radius 3 is 2.27 bits per heavy atom. The van der Waals surface area contributed by atoms with E-state index in [1.54, 1.807) is 21.3 Å². The summed E-state index contributed by atoms with van der Waals surface area (Å²) in [7, 11) is 4.77. The van der Waals surface area contributed by atoms with Gasteiger partial charge in [0.2, 0.25) is 5.75 Å². The number of nitrogens with one attached hydrogen (secondary N) is 2. The van der Waals surface area contributed by atoms with Crippen LogP contribution in [-0.2, 0) is 6.42 Å². The number of H-pyrrole nitrogens is 1. The van der Waals surface area contributed by atoms with Crippen molar-refractivity contribution >= 4 is 22.5 Å². The predicted octanol–water partition coefficient (Wildman–Crippen LogP) is 4.63. The first kappa shape index (κ1) is 19.6. The first-order valence-electron chi connectivity index (χ1n) is 9.58. The number of aromatic amines is 1. The number of methoxy groups -OCH3 is 3. The number of nitrogens with zero attached hydrogens (tertiary/aromatic N) is 2. The summed E-state index contributed by atoms with van der Waals surface area (Å²) in [5.74, 6) is 3.05. The zero-order valence-electron chi connectivity index (χ0n) is 17.4. The fourth-order valence-corrected chi connectivity index (χ4v) is 3.50. The molecule has 0 aliphatic carbocycles. The van der Waals surface area contributed by atoms with Gasteiger partial charge in [0.05, 0.1) is 26.8 Å². The molecule has 0 unspecified atom stereocenters. The lowest BCUT2D eigenvalue weighted by molar-refractivity contribution is 0.324. The molecule has 0 amide bonds. The Hall–Kier alpha value is -3.74. The quantitative estimate of drug-likeness (QED) is 0.468. The van der Waals surface area contributed by atoms with Crippen LogP contribution in [0, 0.1) is 6.92 Å². The molecular formula is C23H24N4O3. The Kier molecular flexibility index (Phi) is 5.43. The molecule has 0 bridgehead atoms. The van der Waals surface area contributed by atoms with Crippen molar-refractivity contribution in [3.05, 3.63) is 65.6 Å². The van der Waals surface area contributed by atoms with Gasteiger partial charge in [-0.1, -0.05) is 30.3 Å². The van der Waals surface area contributed by atoms with E-state index in [-0.39, 0.29) is 0 Å². The van der Waals surface area contributed by atoms with Crippen molar-refractivity contribution in [1.82, 2.24) is 15.0 Å². The summed E-state index contributed by atoms with van der Waals surface area (Å²) < 4.78 is 16.3. The molecule has 0 radical (unpaired) electrons. The van der Waals surface area contributed by atoms with Crippen molar-refractivity contribution in [1.29, 1.82) is 0 Å². The van der Waals surface area contributed by atoms with Crippen LogP contribution in [0.25, 0.3) is 11.0 Å². The second-order valence-corrected chi connectivity index (χ2v) is 6.86. The highest BCUT2D eigenvalue weighted by molar-refractivity contribution is 5.90. The van der Waals surface area contributed by atoms with Gasteiger partial charge in [-0.3, -0.25) is 0 Å². The van der Waals surface area contributed by atoms with Gasteiger partial charge >= 0.3 is 0 Å². The summed E-state index contributed by atoms with van der Waals surface area (Å²) in [4.78, 5) is 12.6. The molecule has 2 aromatic carbocycles. The minimum atomic E-state index is 0.541. The van der Waals surface area contributed by atoms with Gasteiger partial charge in [0.15, 0.2) is 17.3 Å². The highest BCUT2D eigenvalue weighted by atomic mass is 16.5. The molecule has 154 valence electrons. The highest BCUT2D eigenvalue weighted by Crippen LogP contribution is 2.41. The van der Waals surface area contributed by atoms with Gasteiger partial charge in [-0.2, -0.15) is 0 Å². The first-order chi connectivity index (χ1) is 14.6. The molecule has 0 aliphatic rings. The monoisotopic (exact) mass is 404 g/mol. The Labute approximate surface area is 175 Å². The van der Waals surface area contributed by atoms with E-state index in [4.69, 9.17) is 14.2 Å².